The number of carbonyl (C=O) groups excluding carboxylic acids is 1. The number of morpholine rings is 1. The molecule has 1 aromatic rings. The number of nitrogens with one attached hydrogen (secondary N) is 2. The zero-order valence-electron chi connectivity index (χ0n) is 15.3. The number of hydrogen-bond donors (Lipinski definition) is 2. The molecule has 0 saturated carbocycles. The quantitative estimate of drug-likeness (QED) is 0.790. The Morgan fingerprint density at radius 2 is 1.96 bits per heavy atom. The third-order valence-corrected chi connectivity index (χ3v) is 5.41. The van der Waals surface area contributed by atoms with Crippen molar-refractivity contribution in [1.82, 2.24) is 15.5 Å². The predicted octanol–water partition coefficient (Wildman–Crippen LogP) is 1.08. The van der Waals surface area contributed by atoms with E-state index in [9.17, 15) is 9.18 Å². The summed E-state index contributed by atoms with van der Waals surface area (Å²) in [5.41, 5.74) is 0.231. The minimum absolute atomic E-state index is 0.0147. The maximum atomic E-state index is 13.3. The Balaban J connectivity index is 1.70. The number of amides is 1. The molecule has 1 amide bonds. The van der Waals surface area contributed by atoms with Gasteiger partial charge >= 0.3 is 0 Å². The van der Waals surface area contributed by atoms with Crippen LogP contribution in [0.1, 0.15) is 24.4 Å². The average molecular weight is 365 g/mol. The normalized spacial score (nSPS) is 21.9. The maximum Gasteiger partial charge on any atom is 0.252 e. The minimum atomic E-state index is -0.760. The largest absolute Gasteiger partial charge is 0.379 e. The Hall–Kier alpha value is -1.54. The molecule has 7 heteroatoms. The Bertz CT molecular complexity index is 584. The van der Waals surface area contributed by atoms with E-state index in [2.05, 4.69) is 15.5 Å². The van der Waals surface area contributed by atoms with E-state index in [-0.39, 0.29) is 17.8 Å². The van der Waals surface area contributed by atoms with Gasteiger partial charge in [-0.1, -0.05) is 12.1 Å². The Kier molecular flexibility index (Phi) is 6.58. The molecule has 6 nitrogen and oxygen atoms in total. The molecule has 1 atom stereocenters. The zero-order chi connectivity index (χ0) is 18.4. The molecule has 3 rings (SSSR count). The zero-order valence-corrected chi connectivity index (χ0v) is 15.3. The fourth-order valence-electron chi connectivity index (χ4n) is 3.74. The van der Waals surface area contributed by atoms with E-state index in [1.165, 1.54) is 12.1 Å². The van der Waals surface area contributed by atoms with Crippen LogP contribution in [0.15, 0.2) is 24.3 Å². The molecule has 2 N–H and O–H groups in total. The van der Waals surface area contributed by atoms with Crippen LogP contribution in [0, 0.1) is 5.82 Å². The molecule has 26 heavy (non-hydrogen) atoms. The highest BCUT2D eigenvalue weighted by atomic mass is 19.1. The second kappa shape index (κ2) is 8.90. The maximum absolute atomic E-state index is 13.3. The summed E-state index contributed by atoms with van der Waals surface area (Å²) in [4.78, 5) is 15.1. The fraction of sp³-hybridized carbons (Fsp3) is 0.632. The van der Waals surface area contributed by atoms with Crippen molar-refractivity contribution in [3.05, 3.63) is 35.6 Å². The number of methoxy groups -OCH3 is 1. The molecular weight excluding hydrogens is 337 g/mol. The molecule has 0 aromatic heterocycles. The lowest BCUT2D eigenvalue weighted by molar-refractivity contribution is -0.147. The molecule has 2 aliphatic rings. The molecule has 1 aromatic carbocycles. The lowest BCUT2D eigenvalue weighted by atomic mass is 9.91. The van der Waals surface area contributed by atoms with Crippen LogP contribution < -0.4 is 10.6 Å². The highest BCUT2D eigenvalue weighted by molar-refractivity contribution is 5.85. The van der Waals surface area contributed by atoms with Crippen molar-refractivity contribution in [2.24, 2.45) is 0 Å². The number of piperidine rings is 1. The Morgan fingerprint density at radius 3 is 2.58 bits per heavy atom. The fourth-order valence-corrected chi connectivity index (χ4v) is 3.74. The van der Waals surface area contributed by atoms with Crippen molar-refractivity contribution < 1.29 is 18.7 Å². The first-order valence-corrected chi connectivity index (χ1v) is 9.26. The van der Waals surface area contributed by atoms with E-state index in [0.29, 0.717) is 32.6 Å². The molecule has 0 bridgehead atoms. The number of hydrogen-bond acceptors (Lipinski definition) is 5. The monoisotopic (exact) mass is 365 g/mol. The second-order valence-corrected chi connectivity index (χ2v) is 6.87. The van der Waals surface area contributed by atoms with E-state index in [1.54, 1.807) is 19.2 Å². The van der Waals surface area contributed by atoms with Crippen LogP contribution in [0.3, 0.4) is 0 Å². The number of rotatable bonds is 6. The van der Waals surface area contributed by atoms with Gasteiger partial charge in [0.2, 0.25) is 0 Å². The summed E-state index contributed by atoms with van der Waals surface area (Å²) in [5, 5.41) is 6.35. The molecule has 2 heterocycles. The minimum Gasteiger partial charge on any atom is -0.379 e. The molecule has 2 aliphatic heterocycles. The van der Waals surface area contributed by atoms with Gasteiger partial charge in [-0.25, -0.2) is 4.39 Å². The van der Waals surface area contributed by atoms with Gasteiger partial charge in [0.1, 0.15) is 11.4 Å². The van der Waals surface area contributed by atoms with Gasteiger partial charge in [-0.15, -0.1) is 0 Å². The summed E-state index contributed by atoms with van der Waals surface area (Å²) in [5.74, 6) is -0.326. The number of ether oxygens (including phenoxy) is 2. The van der Waals surface area contributed by atoms with E-state index >= 15 is 0 Å². The smallest absolute Gasteiger partial charge is 0.252 e. The number of nitrogens with zero attached hydrogens (tertiary/aromatic N) is 1. The number of carbonyl (C=O) groups is 1. The van der Waals surface area contributed by atoms with Gasteiger partial charge in [0.25, 0.3) is 5.91 Å². The SMILES string of the molecule is COC1(C(=O)NCC(c2ccc(F)cc2)N2CCOCC2)CCNCC1. The Labute approximate surface area is 154 Å². The average Bonchev–Trinajstić information content (AvgIpc) is 2.70. The molecule has 2 fully saturated rings. The van der Waals surface area contributed by atoms with E-state index < -0.39 is 5.60 Å². The summed E-state index contributed by atoms with van der Waals surface area (Å²) < 4.78 is 24.4. The molecule has 0 radical (unpaired) electrons. The van der Waals surface area contributed by atoms with Crippen LogP contribution >= 0.6 is 0 Å². The second-order valence-electron chi connectivity index (χ2n) is 6.87. The lowest BCUT2D eigenvalue weighted by Crippen LogP contribution is -2.55. The third-order valence-electron chi connectivity index (χ3n) is 5.41. The van der Waals surface area contributed by atoms with E-state index in [0.717, 1.165) is 31.7 Å². The summed E-state index contributed by atoms with van der Waals surface area (Å²) in [6.45, 7) is 4.91. The molecule has 0 aliphatic carbocycles. The number of benzene rings is 1. The van der Waals surface area contributed by atoms with E-state index in [1.807, 2.05) is 0 Å². The van der Waals surface area contributed by atoms with Crippen LogP contribution in [0.4, 0.5) is 4.39 Å². The van der Waals surface area contributed by atoms with Gasteiger partial charge in [0.15, 0.2) is 0 Å². The van der Waals surface area contributed by atoms with Crippen molar-refractivity contribution in [3.8, 4) is 0 Å². The topological polar surface area (TPSA) is 62.8 Å². The lowest BCUT2D eigenvalue weighted by Gasteiger charge is -2.37. The first-order chi connectivity index (χ1) is 12.6. The van der Waals surface area contributed by atoms with Crippen LogP contribution in [0.5, 0.6) is 0 Å². The first-order valence-electron chi connectivity index (χ1n) is 9.26. The highest BCUT2D eigenvalue weighted by Crippen LogP contribution is 2.25. The van der Waals surface area contributed by atoms with Gasteiger partial charge in [-0.2, -0.15) is 0 Å². The predicted molar refractivity (Wildman–Crippen MR) is 96.4 cm³/mol. The number of halogens is 1. The van der Waals surface area contributed by atoms with Crippen LogP contribution in [0.2, 0.25) is 0 Å². The van der Waals surface area contributed by atoms with Crippen molar-refractivity contribution in [1.29, 1.82) is 0 Å². The molecule has 144 valence electrons. The van der Waals surface area contributed by atoms with Crippen LogP contribution in [0.25, 0.3) is 0 Å². The van der Waals surface area contributed by atoms with E-state index in [4.69, 9.17) is 9.47 Å². The first kappa shape index (κ1) is 19.2. The Morgan fingerprint density at radius 1 is 1.31 bits per heavy atom. The van der Waals surface area contributed by atoms with Crippen molar-refractivity contribution >= 4 is 5.91 Å². The summed E-state index contributed by atoms with van der Waals surface area (Å²) in [6, 6.07) is 6.50. The van der Waals surface area contributed by atoms with Gasteiger partial charge in [-0.3, -0.25) is 9.69 Å². The molecule has 0 spiro atoms. The van der Waals surface area contributed by atoms with Gasteiger partial charge in [0, 0.05) is 26.7 Å². The van der Waals surface area contributed by atoms with Gasteiger partial charge in [-0.05, 0) is 43.6 Å². The van der Waals surface area contributed by atoms with Gasteiger partial charge < -0.3 is 20.1 Å². The van der Waals surface area contributed by atoms with Crippen LogP contribution in [-0.2, 0) is 14.3 Å². The summed E-state index contributed by atoms with van der Waals surface area (Å²) >= 11 is 0. The third kappa shape index (κ3) is 4.40. The van der Waals surface area contributed by atoms with Crippen molar-refractivity contribution in [2.45, 2.75) is 24.5 Å². The van der Waals surface area contributed by atoms with Crippen molar-refractivity contribution in [3.63, 3.8) is 0 Å². The standard InChI is InChI=1S/C19H28FN3O3/c1-25-19(6-8-21-9-7-19)18(24)22-14-17(23-10-12-26-13-11-23)15-2-4-16(20)5-3-15/h2-5,17,21H,6-14H2,1H3,(H,22,24). The summed E-state index contributed by atoms with van der Waals surface area (Å²) in [7, 11) is 1.60. The summed E-state index contributed by atoms with van der Waals surface area (Å²) in [6.07, 6.45) is 1.32. The molecule has 1 unspecified atom stereocenters. The van der Waals surface area contributed by atoms with Crippen LogP contribution in [-0.4, -0.2) is 69.5 Å². The van der Waals surface area contributed by atoms with Crippen molar-refractivity contribution in [2.75, 3.05) is 53.0 Å². The highest BCUT2D eigenvalue weighted by Gasteiger charge is 2.40. The molecule has 2 saturated heterocycles. The van der Waals surface area contributed by atoms with Gasteiger partial charge in [0.05, 0.1) is 19.3 Å². The molecular formula is C19H28FN3O3.